The maximum Gasteiger partial charge on any atom is 0.220 e. The lowest BCUT2D eigenvalue weighted by atomic mass is 10.1. The van der Waals surface area contributed by atoms with Gasteiger partial charge in [0.2, 0.25) is 11.6 Å². The quantitative estimate of drug-likeness (QED) is 0.180. The normalized spacial score (nSPS) is 12.4. The van der Waals surface area contributed by atoms with Crippen molar-refractivity contribution in [2.45, 2.75) is 55.4 Å². The fourth-order valence-electron chi connectivity index (χ4n) is 9.57. The number of hydrogen-bond donors (Lipinski definition) is 0. The van der Waals surface area contributed by atoms with Crippen LogP contribution in [0.2, 0.25) is 0 Å². The molecule has 0 aliphatic rings. The number of fused-ring (bicyclic) bond motifs is 13. The summed E-state index contributed by atoms with van der Waals surface area (Å²) >= 11 is 0. The number of aromatic nitrogens is 7. The molecular weight excluding hydrogens is 723 g/mol. The summed E-state index contributed by atoms with van der Waals surface area (Å²) in [6, 6.07) is 42.9. The van der Waals surface area contributed by atoms with Gasteiger partial charge in [-0.25, -0.2) is 9.97 Å². The lowest BCUT2D eigenvalue weighted by Gasteiger charge is -2.13. The van der Waals surface area contributed by atoms with E-state index in [0.29, 0.717) is 0 Å². The zero-order valence-corrected chi connectivity index (χ0v) is 34.6. The van der Waals surface area contributed by atoms with E-state index in [0.717, 1.165) is 83.8 Å². The van der Waals surface area contributed by atoms with Gasteiger partial charge in [0.1, 0.15) is 0 Å². The smallest absolute Gasteiger partial charge is 0.220 e. The van der Waals surface area contributed by atoms with Crippen LogP contribution in [0.5, 0.6) is 0 Å². The van der Waals surface area contributed by atoms with Crippen molar-refractivity contribution in [3.05, 3.63) is 160 Å². The highest BCUT2D eigenvalue weighted by atomic mass is 15.2. The maximum atomic E-state index is 5.33. The first-order chi connectivity index (χ1) is 28.5. The molecule has 12 aromatic rings. The second-order valence-corrected chi connectivity index (χ2v) is 16.9. The van der Waals surface area contributed by atoms with Crippen molar-refractivity contribution in [1.29, 1.82) is 0 Å². The fraction of sp³-hybridized carbons (Fsp3) is 0.154. The van der Waals surface area contributed by atoms with E-state index in [1.807, 2.05) is 0 Å². The van der Waals surface area contributed by atoms with Crippen molar-refractivity contribution < 1.29 is 0 Å². The number of rotatable bonds is 3. The maximum absolute atomic E-state index is 5.33. The summed E-state index contributed by atoms with van der Waals surface area (Å²) in [5.74, 6) is 1.83. The molecule has 0 spiro atoms. The lowest BCUT2D eigenvalue weighted by Crippen LogP contribution is -2.00. The van der Waals surface area contributed by atoms with Gasteiger partial charge in [-0.05, 0) is 185 Å². The van der Waals surface area contributed by atoms with Gasteiger partial charge in [-0.1, -0.05) is 30.3 Å². The number of hydrogen-bond acceptors (Lipinski definition) is 2. The van der Waals surface area contributed by atoms with Crippen LogP contribution in [0.4, 0.5) is 0 Å². The monoisotopic (exact) mass is 765 g/mol. The minimum absolute atomic E-state index is 0.915. The predicted octanol–water partition coefficient (Wildman–Crippen LogP) is 12.7. The molecule has 0 bridgehead atoms. The Morgan fingerprint density at radius 3 is 1.27 bits per heavy atom. The topological polar surface area (TPSA) is 49.4 Å². The van der Waals surface area contributed by atoms with Gasteiger partial charge in [-0.3, -0.25) is 17.9 Å². The molecule has 5 heterocycles. The molecule has 0 saturated heterocycles. The minimum Gasteiger partial charge on any atom is -0.309 e. The molecule has 0 aliphatic heterocycles. The molecule has 0 amide bonds. The van der Waals surface area contributed by atoms with Crippen LogP contribution in [-0.2, 0) is 0 Å². The molecule has 7 nitrogen and oxygen atoms in total. The van der Waals surface area contributed by atoms with Crippen LogP contribution < -0.4 is 0 Å². The van der Waals surface area contributed by atoms with Crippen molar-refractivity contribution in [1.82, 2.24) is 32.5 Å². The Balaban J connectivity index is 1.13. The summed E-state index contributed by atoms with van der Waals surface area (Å²) in [6.45, 7) is 17.5. The van der Waals surface area contributed by atoms with Gasteiger partial charge in [0.15, 0.2) is 0 Å². The molecule has 0 N–H and O–H groups in total. The van der Waals surface area contributed by atoms with Crippen LogP contribution in [0.15, 0.2) is 115 Å². The van der Waals surface area contributed by atoms with Crippen LogP contribution in [0.1, 0.15) is 44.5 Å². The van der Waals surface area contributed by atoms with Crippen LogP contribution in [0, 0.1) is 55.4 Å². The lowest BCUT2D eigenvalue weighted by molar-refractivity contribution is 1.09. The number of imidazole rings is 4. The number of nitrogens with zero attached hydrogens (tertiary/aromatic N) is 7. The third kappa shape index (κ3) is 4.58. The highest BCUT2D eigenvalue weighted by Crippen LogP contribution is 2.38. The molecule has 0 atom stereocenters. The summed E-state index contributed by atoms with van der Waals surface area (Å²) in [4.78, 5) is 10.6. The van der Waals surface area contributed by atoms with E-state index in [4.69, 9.17) is 9.97 Å². The second kappa shape index (κ2) is 11.7. The van der Waals surface area contributed by atoms with Gasteiger partial charge in [0, 0.05) is 16.5 Å². The highest BCUT2D eigenvalue weighted by Gasteiger charge is 2.23. The molecule has 12 rings (SSSR count). The number of para-hydroxylation sites is 1. The molecule has 286 valence electrons. The van der Waals surface area contributed by atoms with Gasteiger partial charge >= 0.3 is 0 Å². The van der Waals surface area contributed by atoms with Crippen molar-refractivity contribution in [2.75, 3.05) is 0 Å². The van der Waals surface area contributed by atoms with Gasteiger partial charge in [0.25, 0.3) is 0 Å². The highest BCUT2D eigenvalue weighted by molar-refractivity contribution is 6.10. The summed E-state index contributed by atoms with van der Waals surface area (Å²) in [6.07, 6.45) is 0. The first-order valence-corrected chi connectivity index (χ1v) is 20.5. The molecule has 0 saturated carbocycles. The van der Waals surface area contributed by atoms with Crippen molar-refractivity contribution in [3.8, 4) is 17.1 Å². The average Bonchev–Trinajstić information content (AvgIpc) is 3.99. The SMILES string of the molecule is Cc1cc2nc3n(-c4cccc(-n5c6ccccc6c6ccc(-n7c8cc(C)c(C)cc8n8c9cc(C)c(C)cc9nc78)cc65)c4)c4cc(C)c(C)cc4n3c2cc1C. The van der Waals surface area contributed by atoms with Crippen LogP contribution in [0.3, 0.4) is 0 Å². The van der Waals surface area contributed by atoms with Gasteiger partial charge in [0.05, 0.1) is 66.5 Å². The predicted molar refractivity (Wildman–Crippen MR) is 245 cm³/mol. The number of benzene rings is 7. The molecular formula is C52H43N7. The van der Waals surface area contributed by atoms with Crippen molar-refractivity contribution >= 4 is 77.5 Å². The van der Waals surface area contributed by atoms with E-state index < -0.39 is 0 Å². The standard InChI is InChI=1S/C52H43N7/c1-28-18-41-45(20-30(28)3)58-49-24-34(7)32(5)22-47(49)56(51(58)53-41)37-13-11-12-36(26-37)55-43-15-10-9-14-39(43)40-17-16-38(27-44(40)55)57-48-23-33(6)35(8)25-50(48)59-46-21-31(4)29(2)19-42(46)54-52(57)59/h9-27H,1-8H3. The largest absolute Gasteiger partial charge is 0.309 e. The second-order valence-electron chi connectivity index (χ2n) is 16.9. The van der Waals surface area contributed by atoms with Gasteiger partial charge in [-0.2, -0.15) is 0 Å². The Morgan fingerprint density at radius 1 is 0.305 bits per heavy atom. The van der Waals surface area contributed by atoms with Crippen molar-refractivity contribution in [3.63, 3.8) is 0 Å². The summed E-state index contributed by atoms with van der Waals surface area (Å²) in [7, 11) is 0. The third-order valence-corrected chi connectivity index (χ3v) is 13.3. The summed E-state index contributed by atoms with van der Waals surface area (Å²) < 4.78 is 11.8. The van der Waals surface area contributed by atoms with Crippen LogP contribution in [0.25, 0.3) is 94.6 Å². The Labute approximate surface area is 341 Å². The Kier molecular flexibility index (Phi) is 6.75. The van der Waals surface area contributed by atoms with E-state index in [1.165, 1.54) is 55.3 Å². The molecule has 0 aliphatic carbocycles. The molecule has 59 heavy (non-hydrogen) atoms. The molecule has 7 aromatic carbocycles. The van der Waals surface area contributed by atoms with E-state index >= 15 is 0 Å². The first-order valence-electron chi connectivity index (χ1n) is 20.5. The zero-order valence-electron chi connectivity index (χ0n) is 34.6. The first kappa shape index (κ1) is 34.0. The molecule has 5 aromatic heterocycles. The number of aryl methyl sites for hydroxylation is 8. The summed E-state index contributed by atoms with van der Waals surface area (Å²) in [5, 5.41) is 2.43. The Hall–Kier alpha value is -7.12. The van der Waals surface area contributed by atoms with Gasteiger partial charge in [-0.15, -0.1) is 0 Å². The van der Waals surface area contributed by atoms with E-state index in [9.17, 15) is 0 Å². The molecule has 0 radical (unpaired) electrons. The molecule has 0 fully saturated rings. The average molecular weight is 766 g/mol. The fourth-order valence-corrected chi connectivity index (χ4v) is 9.57. The summed E-state index contributed by atoms with van der Waals surface area (Å²) in [5.41, 5.74) is 24.5. The molecule has 7 heteroatoms. The Bertz CT molecular complexity index is 3820. The minimum atomic E-state index is 0.915. The Morgan fingerprint density at radius 2 is 0.729 bits per heavy atom. The van der Waals surface area contributed by atoms with Crippen LogP contribution >= 0.6 is 0 Å². The zero-order chi connectivity index (χ0) is 40.2. The van der Waals surface area contributed by atoms with Crippen LogP contribution in [-0.4, -0.2) is 32.5 Å². The van der Waals surface area contributed by atoms with E-state index in [2.05, 4.69) is 193 Å². The van der Waals surface area contributed by atoms with Crippen molar-refractivity contribution in [2.24, 2.45) is 0 Å². The van der Waals surface area contributed by atoms with E-state index in [-0.39, 0.29) is 0 Å². The van der Waals surface area contributed by atoms with E-state index in [1.54, 1.807) is 0 Å². The van der Waals surface area contributed by atoms with Gasteiger partial charge < -0.3 is 4.57 Å². The molecule has 0 unspecified atom stereocenters. The third-order valence-electron chi connectivity index (χ3n) is 13.3.